The molecule has 1 aliphatic heterocycles. The highest BCUT2D eigenvalue weighted by Gasteiger charge is 2.18. The number of hydrogen-bond donors (Lipinski definition) is 1. The van der Waals surface area contributed by atoms with Crippen molar-refractivity contribution < 1.29 is 9.53 Å². The van der Waals surface area contributed by atoms with Crippen molar-refractivity contribution in [3.63, 3.8) is 0 Å². The molecule has 1 N–H and O–H groups in total. The Kier molecular flexibility index (Phi) is 6.70. The maximum Gasteiger partial charge on any atom is 0.321 e. The lowest BCUT2D eigenvalue weighted by atomic mass is 10.2. The number of nitrogens with one attached hydrogen (secondary N) is 1. The van der Waals surface area contributed by atoms with E-state index in [2.05, 4.69) is 17.1 Å². The standard InChI is InChI=1S/C20H31N3O2/c1-2-22-12-5-13-23(15-14-22)20(24)21-18-10-8-17(9-11-18)16-25-19-6-3-4-7-19/h8-11,19H,2-7,12-16H2,1H3,(H,21,24). The van der Waals surface area contributed by atoms with Gasteiger partial charge in [-0.3, -0.25) is 0 Å². The molecule has 0 unspecified atom stereocenters. The van der Waals surface area contributed by atoms with Gasteiger partial charge in [-0.25, -0.2) is 4.79 Å². The van der Waals surface area contributed by atoms with E-state index in [0.717, 1.165) is 44.8 Å². The van der Waals surface area contributed by atoms with Gasteiger partial charge in [-0.05, 0) is 50.0 Å². The van der Waals surface area contributed by atoms with Gasteiger partial charge in [-0.1, -0.05) is 31.9 Å². The van der Waals surface area contributed by atoms with Crippen LogP contribution >= 0.6 is 0 Å². The normalized spacial score (nSPS) is 19.8. The van der Waals surface area contributed by atoms with Crippen molar-refractivity contribution in [1.82, 2.24) is 9.80 Å². The maximum atomic E-state index is 12.5. The summed E-state index contributed by atoms with van der Waals surface area (Å²) >= 11 is 0. The molecule has 1 aromatic carbocycles. The number of carbonyl (C=O) groups is 1. The van der Waals surface area contributed by atoms with E-state index < -0.39 is 0 Å². The lowest BCUT2D eigenvalue weighted by Gasteiger charge is -2.21. The van der Waals surface area contributed by atoms with Gasteiger partial charge in [0.15, 0.2) is 0 Å². The van der Waals surface area contributed by atoms with E-state index in [-0.39, 0.29) is 6.03 Å². The fourth-order valence-electron chi connectivity index (χ4n) is 3.65. The first-order valence-electron chi connectivity index (χ1n) is 9.73. The van der Waals surface area contributed by atoms with Crippen LogP contribution in [0.2, 0.25) is 0 Å². The number of benzene rings is 1. The zero-order chi connectivity index (χ0) is 17.5. The van der Waals surface area contributed by atoms with Crippen LogP contribution in [0.4, 0.5) is 10.5 Å². The van der Waals surface area contributed by atoms with E-state index >= 15 is 0 Å². The topological polar surface area (TPSA) is 44.8 Å². The molecule has 0 radical (unpaired) electrons. The summed E-state index contributed by atoms with van der Waals surface area (Å²) in [5, 5.41) is 3.02. The second-order valence-electron chi connectivity index (χ2n) is 7.12. The third-order valence-electron chi connectivity index (χ3n) is 5.32. The summed E-state index contributed by atoms with van der Waals surface area (Å²) in [5.41, 5.74) is 2.02. The molecule has 1 aliphatic carbocycles. The van der Waals surface area contributed by atoms with Crippen LogP contribution in [0, 0.1) is 0 Å². The fraction of sp³-hybridized carbons (Fsp3) is 0.650. The van der Waals surface area contributed by atoms with E-state index in [0.29, 0.717) is 12.7 Å². The monoisotopic (exact) mass is 345 g/mol. The Morgan fingerprint density at radius 3 is 2.56 bits per heavy atom. The molecule has 1 saturated heterocycles. The molecule has 0 spiro atoms. The van der Waals surface area contributed by atoms with Crippen LogP contribution < -0.4 is 5.32 Å². The zero-order valence-corrected chi connectivity index (χ0v) is 15.4. The Bertz CT molecular complexity index is 540. The highest BCUT2D eigenvalue weighted by atomic mass is 16.5. The molecule has 0 atom stereocenters. The van der Waals surface area contributed by atoms with Crippen LogP contribution in [-0.4, -0.2) is 54.7 Å². The molecule has 1 heterocycles. The molecule has 0 bridgehead atoms. The highest BCUT2D eigenvalue weighted by Crippen LogP contribution is 2.22. The van der Waals surface area contributed by atoms with Gasteiger partial charge in [0.05, 0.1) is 12.7 Å². The molecule has 2 fully saturated rings. The summed E-state index contributed by atoms with van der Waals surface area (Å²) in [6, 6.07) is 8.05. The molecule has 138 valence electrons. The molecule has 3 rings (SSSR count). The molecular formula is C20H31N3O2. The van der Waals surface area contributed by atoms with Gasteiger partial charge in [0.1, 0.15) is 0 Å². The van der Waals surface area contributed by atoms with E-state index in [9.17, 15) is 4.79 Å². The van der Waals surface area contributed by atoms with Crippen molar-refractivity contribution in [3.8, 4) is 0 Å². The number of anilines is 1. The van der Waals surface area contributed by atoms with Crippen LogP contribution in [0.15, 0.2) is 24.3 Å². The Labute approximate surface area is 151 Å². The van der Waals surface area contributed by atoms with Crippen LogP contribution in [0.5, 0.6) is 0 Å². The average Bonchev–Trinajstić information content (AvgIpc) is 3.04. The first-order chi connectivity index (χ1) is 12.2. The van der Waals surface area contributed by atoms with Crippen LogP contribution in [0.1, 0.15) is 44.6 Å². The largest absolute Gasteiger partial charge is 0.374 e. The van der Waals surface area contributed by atoms with Crippen molar-refractivity contribution in [2.45, 2.75) is 51.7 Å². The molecule has 1 aromatic rings. The Morgan fingerprint density at radius 1 is 1.08 bits per heavy atom. The summed E-state index contributed by atoms with van der Waals surface area (Å²) in [6.45, 7) is 7.56. The van der Waals surface area contributed by atoms with E-state index in [1.54, 1.807) is 0 Å². The van der Waals surface area contributed by atoms with Gasteiger partial charge in [0, 0.05) is 25.3 Å². The molecule has 5 heteroatoms. The maximum absolute atomic E-state index is 12.5. The molecule has 0 aromatic heterocycles. The Balaban J connectivity index is 1.46. The van der Waals surface area contributed by atoms with Crippen molar-refractivity contribution in [3.05, 3.63) is 29.8 Å². The number of nitrogens with zero attached hydrogens (tertiary/aromatic N) is 2. The van der Waals surface area contributed by atoms with Gasteiger partial charge in [0.2, 0.25) is 0 Å². The van der Waals surface area contributed by atoms with Crippen molar-refractivity contribution in [2.24, 2.45) is 0 Å². The molecule has 5 nitrogen and oxygen atoms in total. The second kappa shape index (κ2) is 9.20. The molecule has 2 aliphatic rings. The number of likely N-dealkylation sites (N-methyl/N-ethyl adjacent to an activating group) is 1. The lowest BCUT2D eigenvalue weighted by molar-refractivity contribution is 0.0457. The summed E-state index contributed by atoms with van der Waals surface area (Å²) in [6.07, 6.45) is 6.45. The molecular weight excluding hydrogens is 314 g/mol. The Hall–Kier alpha value is -1.59. The molecule has 2 amide bonds. The van der Waals surface area contributed by atoms with E-state index in [1.807, 2.05) is 29.2 Å². The van der Waals surface area contributed by atoms with Crippen LogP contribution in [0.25, 0.3) is 0 Å². The summed E-state index contributed by atoms with van der Waals surface area (Å²) < 4.78 is 5.94. The van der Waals surface area contributed by atoms with Crippen LogP contribution in [0.3, 0.4) is 0 Å². The molecule has 25 heavy (non-hydrogen) atoms. The van der Waals surface area contributed by atoms with Gasteiger partial charge in [-0.2, -0.15) is 0 Å². The summed E-state index contributed by atoms with van der Waals surface area (Å²) in [4.78, 5) is 16.8. The van der Waals surface area contributed by atoms with Gasteiger partial charge >= 0.3 is 6.03 Å². The van der Waals surface area contributed by atoms with Gasteiger partial charge in [-0.15, -0.1) is 0 Å². The van der Waals surface area contributed by atoms with E-state index in [1.165, 1.54) is 31.2 Å². The van der Waals surface area contributed by atoms with E-state index in [4.69, 9.17) is 4.74 Å². The third kappa shape index (κ3) is 5.44. The first-order valence-corrected chi connectivity index (χ1v) is 9.73. The second-order valence-corrected chi connectivity index (χ2v) is 7.12. The number of urea groups is 1. The predicted octanol–water partition coefficient (Wildman–Crippen LogP) is 3.71. The number of rotatable bonds is 5. The summed E-state index contributed by atoms with van der Waals surface area (Å²) in [7, 11) is 0. The Morgan fingerprint density at radius 2 is 1.84 bits per heavy atom. The number of carbonyl (C=O) groups excluding carboxylic acids is 1. The number of hydrogen-bond acceptors (Lipinski definition) is 3. The fourth-order valence-corrected chi connectivity index (χ4v) is 3.65. The minimum absolute atomic E-state index is 0.00732. The highest BCUT2D eigenvalue weighted by molar-refractivity contribution is 5.89. The van der Waals surface area contributed by atoms with Crippen molar-refractivity contribution in [1.29, 1.82) is 0 Å². The van der Waals surface area contributed by atoms with Gasteiger partial charge in [0.25, 0.3) is 0 Å². The smallest absolute Gasteiger partial charge is 0.321 e. The number of ether oxygens (including phenoxy) is 1. The lowest BCUT2D eigenvalue weighted by Crippen LogP contribution is -2.38. The first kappa shape index (κ1) is 18.2. The zero-order valence-electron chi connectivity index (χ0n) is 15.4. The quantitative estimate of drug-likeness (QED) is 0.885. The average molecular weight is 345 g/mol. The van der Waals surface area contributed by atoms with Crippen LogP contribution in [-0.2, 0) is 11.3 Å². The van der Waals surface area contributed by atoms with Gasteiger partial charge < -0.3 is 19.9 Å². The SMILES string of the molecule is CCN1CCCN(C(=O)Nc2ccc(COC3CCCC3)cc2)CC1. The van der Waals surface area contributed by atoms with Crippen molar-refractivity contribution >= 4 is 11.7 Å². The number of amides is 2. The minimum Gasteiger partial charge on any atom is -0.374 e. The molecule has 1 saturated carbocycles. The van der Waals surface area contributed by atoms with Crippen molar-refractivity contribution in [2.75, 3.05) is 38.0 Å². The third-order valence-corrected chi connectivity index (χ3v) is 5.32. The summed E-state index contributed by atoms with van der Waals surface area (Å²) in [5.74, 6) is 0. The predicted molar refractivity (Wildman–Crippen MR) is 101 cm³/mol. The minimum atomic E-state index is 0.00732.